The Labute approximate surface area is 236 Å². The highest BCUT2D eigenvalue weighted by molar-refractivity contribution is 5.96. The van der Waals surface area contributed by atoms with Crippen molar-refractivity contribution in [1.82, 2.24) is 10.2 Å². The van der Waals surface area contributed by atoms with Gasteiger partial charge in [0.05, 0.1) is 0 Å². The molecule has 3 unspecified atom stereocenters. The summed E-state index contributed by atoms with van der Waals surface area (Å²) in [4.78, 5) is 34.5. The van der Waals surface area contributed by atoms with Gasteiger partial charge in [-0.1, -0.05) is 25.6 Å². The van der Waals surface area contributed by atoms with Crippen LogP contribution in [0.25, 0.3) is 0 Å². The van der Waals surface area contributed by atoms with E-state index in [1.165, 1.54) is 6.07 Å². The summed E-state index contributed by atoms with van der Waals surface area (Å²) in [5.74, 6) is -0.922. The van der Waals surface area contributed by atoms with E-state index in [0.717, 1.165) is 37.4 Å². The summed E-state index contributed by atoms with van der Waals surface area (Å²) in [6.07, 6.45) is 5.14. The van der Waals surface area contributed by atoms with Crippen molar-refractivity contribution in [3.05, 3.63) is 83.8 Å². The minimum Gasteiger partial charge on any atom is -0.369 e. The maximum atomic E-state index is 14.8. The molecule has 212 valence electrons. The Morgan fingerprint density at radius 3 is 2.40 bits per heavy atom. The van der Waals surface area contributed by atoms with Gasteiger partial charge in [0.25, 0.3) is 5.91 Å². The summed E-state index contributed by atoms with van der Waals surface area (Å²) in [6.45, 7) is 16.1. The first kappa shape index (κ1) is 29.2. The second-order valence-electron chi connectivity index (χ2n) is 10.8. The van der Waals surface area contributed by atoms with Gasteiger partial charge in [-0.25, -0.2) is 4.39 Å². The third kappa shape index (κ3) is 6.86. The Hall–Kier alpha value is -3.78. The summed E-state index contributed by atoms with van der Waals surface area (Å²) in [6, 6.07) is 12.6. The Kier molecular flexibility index (Phi) is 9.53. The first-order valence-electron chi connectivity index (χ1n) is 14.0. The van der Waals surface area contributed by atoms with E-state index in [0.29, 0.717) is 22.9 Å². The standard InChI is InChI=1S/C32H40FN5O2/c1-6-23(19-34-7-2)29-22(5)30(29)32(40)36-26-11-8-25(28(33)18-26)20-35-31(39)24-9-12-27(13-10-24)38-16-14-37(15-17-38)21(3)4/h6-13,18-19,21-22,29-30H,1,14-17,20H2,2-5H3,(H,35,39)(H,36,40)/b23-19+,34-7?. The molecule has 2 amide bonds. The SMILES string of the molecule is C=C/C(=C\N=CC)C1C(C)C1C(=O)Nc1ccc(CNC(=O)c2ccc(N3CCN(C(C)C)CC3)cc2)c(F)c1. The highest BCUT2D eigenvalue weighted by atomic mass is 19.1. The quantitative estimate of drug-likeness (QED) is 0.315. The van der Waals surface area contributed by atoms with Gasteiger partial charge in [0.15, 0.2) is 0 Å². The number of nitrogens with one attached hydrogen (secondary N) is 2. The Balaban J connectivity index is 1.28. The van der Waals surface area contributed by atoms with Gasteiger partial charge in [0, 0.05) is 85.5 Å². The summed E-state index contributed by atoms with van der Waals surface area (Å²) < 4.78 is 14.8. The van der Waals surface area contributed by atoms with E-state index in [-0.39, 0.29) is 36.1 Å². The fourth-order valence-electron chi connectivity index (χ4n) is 5.40. The van der Waals surface area contributed by atoms with Crippen molar-refractivity contribution >= 4 is 29.4 Å². The van der Waals surface area contributed by atoms with Crippen LogP contribution in [0.4, 0.5) is 15.8 Å². The van der Waals surface area contributed by atoms with Gasteiger partial charge in [-0.3, -0.25) is 19.5 Å². The molecular weight excluding hydrogens is 505 g/mol. The van der Waals surface area contributed by atoms with Crippen LogP contribution in [0.15, 0.2) is 71.9 Å². The summed E-state index contributed by atoms with van der Waals surface area (Å²) >= 11 is 0. The smallest absolute Gasteiger partial charge is 0.251 e. The van der Waals surface area contributed by atoms with Crippen molar-refractivity contribution < 1.29 is 14.0 Å². The highest BCUT2D eigenvalue weighted by Crippen LogP contribution is 2.51. The minimum atomic E-state index is -0.488. The van der Waals surface area contributed by atoms with Crippen LogP contribution in [0.2, 0.25) is 0 Å². The Morgan fingerprint density at radius 2 is 1.80 bits per heavy atom. The van der Waals surface area contributed by atoms with Crippen molar-refractivity contribution in [2.45, 2.75) is 40.3 Å². The molecule has 7 nitrogen and oxygen atoms in total. The number of nitrogens with zero attached hydrogens (tertiary/aromatic N) is 3. The van der Waals surface area contributed by atoms with Gasteiger partial charge >= 0.3 is 0 Å². The van der Waals surface area contributed by atoms with Gasteiger partial charge in [0.2, 0.25) is 5.91 Å². The Morgan fingerprint density at radius 1 is 1.10 bits per heavy atom. The van der Waals surface area contributed by atoms with Crippen LogP contribution in [-0.2, 0) is 11.3 Å². The van der Waals surface area contributed by atoms with Crippen LogP contribution < -0.4 is 15.5 Å². The molecule has 4 rings (SSSR count). The number of allylic oxidation sites excluding steroid dienone is 2. The van der Waals surface area contributed by atoms with Gasteiger partial charge in [-0.2, -0.15) is 0 Å². The first-order chi connectivity index (χ1) is 19.2. The van der Waals surface area contributed by atoms with Gasteiger partial charge in [0.1, 0.15) is 5.82 Å². The van der Waals surface area contributed by atoms with E-state index in [9.17, 15) is 14.0 Å². The summed E-state index contributed by atoms with van der Waals surface area (Å²) in [7, 11) is 0. The topological polar surface area (TPSA) is 77.0 Å². The second-order valence-corrected chi connectivity index (χ2v) is 10.8. The molecule has 2 aromatic carbocycles. The third-order valence-corrected chi connectivity index (χ3v) is 7.97. The average Bonchev–Trinajstić information content (AvgIpc) is 3.63. The zero-order valence-corrected chi connectivity index (χ0v) is 23.9. The molecule has 0 radical (unpaired) electrons. The number of hydrogen-bond donors (Lipinski definition) is 2. The summed E-state index contributed by atoms with van der Waals surface area (Å²) in [5, 5.41) is 5.62. The molecule has 2 aliphatic rings. The number of aliphatic imine (C=N–C) groups is 1. The van der Waals surface area contributed by atoms with E-state index in [4.69, 9.17) is 0 Å². The number of rotatable bonds is 10. The van der Waals surface area contributed by atoms with Crippen molar-refractivity contribution in [1.29, 1.82) is 0 Å². The molecule has 1 saturated heterocycles. The van der Waals surface area contributed by atoms with Crippen LogP contribution >= 0.6 is 0 Å². The monoisotopic (exact) mass is 545 g/mol. The number of benzene rings is 2. The van der Waals surface area contributed by atoms with Crippen LogP contribution in [0.1, 0.15) is 43.6 Å². The first-order valence-corrected chi connectivity index (χ1v) is 14.0. The molecule has 0 bridgehead atoms. The van der Waals surface area contributed by atoms with Crippen molar-refractivity contribution in [2.75, 3.05) is 36.4 Å². The number of anilines is 2. The maximum Gasteiger partial charge on any atom is 0.251 e. The van der Waals surface area contributed by atoms with E-state index in [1.807, 2.05) is 38.1 Å². The van der Waals surface area contributed by atoms with Crippen molar-refractivity contribution in [3.63, 3.8) is 0 Å². The Bertz CT molecular complexity index is 1280. The molecule has 2 aromatic rings. The van der Waals surface area contributed by atoms with Crippen LogP contribution in [-0.4, -0.2) is 55.1 Å². The molecule has 2 fully saturated rings. The third-order valence-electron chi connectivity index (χ3n) is 7.97. The lowest BCUT2D eigenvalue weighted by Crippen LogP contribution is -2.48. The zero-order chi connectivity index (χ0) is 28.8. The highest BCUT2D eigenvalue weighted by Gasteiger charge is 2.52. The fourth-order valence-corrected chi connectivity index (χ4v) is 5.40. The van der Waals surface area contributed by atoms with E-state index < -0.39 is 5.82 Å². The van der Waals surface area contributed by atoms with Crippen LogP contribution in [0.3, 0.4) is 0 Å². The largest absolute Gasteiger partial charge is 0.369 e. The second kappa shape index (κ2) is 13.0. The fraction of sp³-hybridized carbons (Fsp3) is 0.406. The zero-order valence-electron chi connectivity index (χ0n) is 23.9. The normalized spacial score (nSPS) is 21.5. The molecule has 0 spiro atoms. The minimum absolute atomic E-state index is 0.0460. The number of hydrogen-bond acceptors (Lipinski definition) is 5. The lowest BCUT2D eigenvalue weighted by Gasteiger charge is -2.38. The summed E-state index contributed by atoms with van der Waals surface area (Å²) in [5.41, 5.74) is 3.28. The van der Waals surface area contributed by atoms with Crippen LogP contribution in [0, 0.1) is 23.6 Å². The van der Waals surface area contributed by atoms with E-state index in [1.54, 1.807) is 30.6 Å². The van der Waals surface area contributed by atoms with E-state index in [2.05, 4.69) is 45.9 Å². The maximum absolute atomic E-state index is 14.8. The molecular formula is C32H40FN5O2. The number of amides is 2. The van der Waals surface area contributed by atoms with Crippen molar-refractivity contribution in [2.24, 2.45) is 22.7 Å². The molecule has 1 heterocycles. The van der Waals surface area contributed by atoms with E-state index >= 15 is 0 Å². The molecule has 8 heteroatoms. The molecule has 2 N–H and O–H groups in total. The lowest BCUT2D eigenvalue weighted by atomic mass is 10.1. The number of piperazine rings is 1. The molecule has 0 aromatic heterocycles. The molecule has 40 heavy (non-hydrogen) atoms. The predicted molar refractivity (Wildman–Crippen MR) is 160 cm³/mol. The van der Waals surface area contributed by atoms with Crippen molar-refractivity contribution in [3.8, 4) is 0 Å². The molecule has 3 atom stereocenters. The lowest BCUT2D eigenvalue weighted by molar-refractivity contribution is -0.117. The molecule has 1 aliphatic heterocycles. The van der Waals surface area contributed by atoms with Gasteiger partial charge in [-0.05, 0) is 68.7 Å². The van der Waals surface area contributed by atoms with Crippen LogP contribution in [0.5, 0.6) is 0 Å². The van der Waals surface area contributed by atoms with Gasteiger partial charge in [-0.15, -0.1) is 0 Å². The number of halogens is 1. The van der Waals surface area contributed by atoms with Gasteiger partial charge < -0.3 is 15.5 Å². The number of carbonyl (C=O) groups excluding carboxylic acids is 2. The number of carbonyl (C=O) groups is 2. The predicted octanol–water partition coefficient (Wildman–Crippen LogP) is 5.27. The molecule has 1 aliphatic carbocycles. The molecule has 1 saturated carbocycles. The average molecular weight is 546 g/mol.